The number of H-pyrrole nitrogens is 1. The summed E-state index contributed by atoms with van der Waals surface area (Å²) in [6.45, 7) is 4.25. The highest BCUT2D eigenvalue weighted by Gasteiger charge is 2.13. The summed E-state index contributed by atoms with van der Waals surface area (Å²) in [5.41, 5.74) is 4.65. The molecule has 3 rings (SSSR count). The van der Waals surface area contributed by atoms with Crippen molar-refractivity contribution < 1.29 is 9.47 Å². The first kappa shape index (κ1) is 11.9. The van der Waals surface area contributed by atoms with Crippen molar-refractivity contribution in [2.24, 2.45) is 0 Å². The summed E-state index contributed by atoms with van der Waals surface area (Å²) < 4.78 is 10.8. The van der Waals surface area contributed by atoms with E-state index in [1.807, 2.05) is 12.1 Å². The van der Waals surface area contributed by atoms with E-state index in [4.69, 9.17) is 9.47 Å². The molecule has 0 saturated heterocycles. The summed E-state index contributed by atoms with van der Waals surface area (Å²) in [5, 5.41) is 2.39. The van der Waals surface area contributed by atoms with Crippen molar-refractivity contribution in [1.29, 1.82) is 0 Å². The van der Waals surface area contributed by atoms with Gasteiger partial charge in [0.05, 0.1) is 19.7 Å². The van der Waals surface area contributed by atoms with E-state index in [0.29, 0.717) is 0 Å². The van der Waals surface area contributed by atoms with Gasteiger partial charge in [-0.25, -0.2) is 0 Å². The average molecular weight is 255 g/mol. The Bertz CT molecular complexity index is 771. The van der Waals surface area contributed by atoms with Crippen molar-refractivity contribution in [2.45, 2.75) is 13.8 Å². The lowest BCUT2D eigenvalue weighted by Gasteiger charge is -2.07. The normalized spacial score (nSPS) is 11.2. The molecule has 3 aromatic rings. The Kier molecular flexibility index (Phi) is 2.63. The highest BCUT2D eigenvalue weighted by molar-refractivity contribution is 6.11. The SMILES string of the molecule is COc1ccc2[nH]c3c(OC)cc(C)c(C)c3c2c1. The van der Waals surface area contributed by atoms with Gasteiger partial charge in [-0.15, -0.1) is 0 Å². The highest BCUT2D eigenvalue weighted by atomic mass is 16.5. The minimum absolute atomic E-state index is 0.869. The van der Waals surface area contributed by atoms with Gasteiger partial charge in [0.1, 0.15) is 11.5 Å². The van der Waals surface area contributed by atoms with E-state index < -0.39 is 0 Å². The molecule has 1 aromatic heterocycles. The summed E-state index contributed by atoms with van der Waals surface area (Å²) in [6, 6.07) is 8.15. The predicted octanol–water partition coefficient (Wildman–Crippen LogP) is 3.96. The van der Waals surface area contributed by atoms with Crippen LogP contribution in [0.2, 0.25) is 0 Å². The largest absolute Gasteiger partial charge is 0.497 e. The monoisotopic (exact) mass is 255 g/mol. The molecule has 19 heavy (non-hydrogen) atoms. The van der Waals surface area contributed by atoms with Crippen molar-refractivity contribution in [1.82, 2.24) is 4.98 Å². The van der Waals surface area contributed by atoms with Crippen LogP contribution in [0.25, 0.3) is 21.8 Å². The second-order valence-corrected chi connectivity index (χ2v) is 4.81. The number of aryl methyl sites for hydroxylation is 2. The topological polar surface area (TPSA) is 34.2 Å². The third kappa shape index (κ3) is 1.65. The molecule has 0 aliphatic carbocycles. The van der Waals surface area contributed by atoms with Gasteiger partial charge in [0.2, 0.25) is 0 Å². The summed E-state index contributed by atoms with van der Waals surface area (Å²) in [6.07, 6.45) is 0. The van der Waals surface area contributed by atoms with Crippen LogP contribution in [0.1, 0.15) is 11.1 Å². The van der Waals surface area contributed by atoms with Gasteiger partial charge >= 0.3 is 0 Å². The van der Waals surface area contributed by atoms with Crippen molar-refractivity contribution in [2.75, 3.05) is 14.2 Å². The number of ether oxygens (including phenoxy) is 2. The zero-order valence-corrected chi connectivity index (χ0v) is 11.6. The molecule has 0 spiro atoms. The maximum Gasteiger partial charge on any atom is 0.143 e. The number of fused-ring (bicyclic) bond motifs is 3. The molecule has 0 fully saturated rings. The molecule has 1 N–H and O–H groups in total. The zero-order chi connectivity index (χ0) is 13.6. The maximum absolute atomic E-state index is 5.49. The van der Waals surface area contributed by atoms with Crippen molar-refractivity contribution in [3.63, 3.8) is 0 Å². The Balaban J connectivity index is 2.51. The van der Waals surface area contributed by atoms with E-state index in [2.05, 4.69) is 31.0 Å². The lowest BCUT2D eigenvalue weighted by Crippen LogP contribution is -1.89. The highest BCUT2D eigenvalue weighted by Crippen LogP contribution is 2.37. The van der Waals surface area contributed by atoms with Crippen LogP contribution in [0.3, 0.4) is 0 Å². The minimum Gasteiger partial charge on any atom is -0.497 e. The number of nitrogens with one attached hydrogen (secondary N) is 1. The van der Waals surface area contributed by atoms with Gasteiger partial charge in [-0.2, -0.15) is 0 Å². The smallest absolute Gasteiger partial charge is 0.143 e. The molecule has 0 bridgehead atoms. The first-order chi connectivity index (χ1) is 9.15. The van der Waals surface area contributed by atoms with Crippen LogP contribution in [0.4, 0.5) is 0 Å². The second kappa shape index (κ2) is 4.19. The van der Waals surface area contributed by atoms with E-state index in [1.165, 1.54) is 21.9 Å². The van der Waals surface area contributed by atoms with Gasteiger partial charge in [0, 0.05) is 16.3 Å². The fraction of sp³-hybridized carbons (Fsp3) is 0.250. The number of hydrogen-bond acceptors (Lipinski definition) is 2. The van der Waals surface area contributed by atoms with Crippen molar-refractivity contribution >= 4 is 21.8 Å². The zero-order valence-electron chi connectivity index (χ0n) is 11.6. The lowest BCUT2D eigenvalue weighted by atomic mass is 10.0. The predicted molar refractivity (Wildman–Crippen MR) is 78.4 cm³/mol. The lowest BCUT2D eigenvalue weighted by molar-refractivity contribution is 0.415. The van der Waals surface area contributed by atoms with Gasteiger partial charge in [-0.05, 0) is 49.2 Å². The molecule has 0 atom stereocenters. The van der Waals surface area contributed by atoms with E-state index in [9.17, 15) is 0 Å². The van der Waals surface area contributed by atoms with Gasteiger partial charge in [0.25, 0.3) is 0 Å². The maximum atomic E-state index is 5.49. The molecule has 0 amide bonds. The van der Waals surface area contributed by atoms with E-state index >= 15 is 0 Å². The van der Waals surface area contributed by atoms with Gasteiger partial charge < -0.3 is 14.5 Å². The van der Waals surface area contributed by atoms with Crippen molar-refractivity contribution in [3.05, 3.63) is 35.4 Å². The Morgan fingerprint density at radius 3 is 2.47 bits per heavy atom. The van der Waals surface area contributed by atoms with Crippen LogP contribution in [-0.4, -0.2) is 19.2 Å². The standard InChI is InChI=1S/C16H17NO2/c1-9-7-14(19-4)16-15(10(9)2)12-8-11(18-3)5-6-13(12)17-16/h5-8,17H,1-4H3. The molecule has 0 aliphatic heterocycles. The molecule has 0 radical (unpaired) electrons. The molecule has 98 valence electrons. The molecule has 1 heterocycles. The molecule has 2 aromatic carbocycles. The molecular formula is C16H17NO2. The second-order valence-electron chi connectivity index (χ2n) is 4.81. The Labute approximate surface area is 112 Å². The molecule has 3 heteroatoms. The molecule has 0 aliphatic rings. The molecule has 0 saturated carbocycles. The van der Waals surface area contributed by atoms with Crippen LogP contribution >= 0.6 is 0 Å². The summed E-state index contributed by atoms with van der Waals surface area (Å²) in [4.78, 5) is 3.44. The Morgan fingerprint density at radius 1 is 1.00 bits per heavy atom. The van der Waals surface area contributed by atoms with Crippen LogP contribution in [-0.2, 0) is 0 Å². The van der Waals surface area contributed by atoms with Crippen LogP contribution in [0.5, 0.6) is 11.5 Å². The number of aromatic nitrogens is 1. The Hall–Kier alpha value is -2.16. The van der Waals surface area contributed by atoms with E-state index in [1.54, 1.807) is 14.2 Å². The fourth-order valence-corrected chi connectivity index (χ4v) is 2.61. The molecular weight excluding hydrogens is 238 g/mol. The fourth-order valence-electron chi connectivity index (χ4n) is 2.61. The van der Waals surface area contributed by atoms with E-state index in [-0.39, 0.29) is 0 Å². The first-order valence-electron chi connectivity index (χ1n) is 6.29. The summed E-state index contributed by atoms with van der Waals surface area (Å²) in [7, 11) is 3.39. The minimum atomic E-state index is 0.869. The summed E-state index contributed by atoms with van der Waals surface area (Å²) >= 11 is 0. The van der Waals surface area contributed by atoms with Crippen LogP contribution in [0, 0.1) is 13.8 Å². The third-order valence-corrected chi connectivity index (χ3v) is 3.79. The number of hydrogen-bond donors (Lipinski definition) is 1. The van der Waals surface area contributed by atoms with Crippen molar-refractivity contribution in [3.8, 4) is 11.5 Å². The van der Waals surface area contributed by atoms with Crippen LogP contribution < -0.4 is 9.47 Å². The first-order valence-corrected chi connectivity index (χ1v) is 6.29. The number of rotatable bonds is 2. The number of methoxy groups -OCH3 is 2. The average Bonchev–Trinajstić information content (AvgIpc) is 2.81. The van der Waals surface area contributed by atoms with Gasteiger partial charge in [-0.3, -0.25) is 0 Å². The third-order valence-electron chi connectivity index (χ3n) is 3.79. The molecule has 0 unspecified atom stereocenters. The van der Waals surface area contributed by atoms with E-state index in [0.717, 1.165) is 22.5 Å². The summed E-state index contributed by atoms with van der Waals surface area (Å²) in [5.74, 6) is 1.75. The quantitative estimate of drug-likeness (QED) is 0.752. The number of benzene rings is 2. The number of aromatic amines is 1. The van der Waals surface area contributed by atoms with Gasteiger partial charge in [-0.1, -0.05) is 0 Å². The van der Waals surface area contributed by atoms with Gasteiger partial charge in [0.15, 0.2) is 0 Å². The van der Waals surface area contributed by atoms with Crippen LogP contribution in [0.15, 0.2) is 24.3 Å². The Morgan fingerprint density at radius 2 is 1.79 bits per heavy atom. The molecule has 3 nitrogen and oxygen atoms in total.